The topological polar surface area (TPSA) is 52.5 Å². The standard InChI is InChI=1S/C18H24N2O4/c1-21-16-8-13(9-17-18(16)23-12-22-17)7-15-10-14(19-24-15)11-20-5-3-2-4-6-20/h8-9,15H,2-7,10-12H2,1H3/t15-/m1/s1. The van der Waals surface area contributed by atoms with Crippen LogP contribution in [0.2, 0.25) is 0 Å². The van der Waals surface area contributed by atoms with Crippen molar-refractivity contribution in [3.05, 3.63) is 17.7 Å². The van der Waals surface area contributed by atoms with Crippen molar-refractivity contribution in [2.75, 3.05) is 33.5 Å². The van der Waals surface area contributed by atoms with E-state index in [2.05, 4.69) is 10.1 Å². The van der Waals surface area contributed by atoms with Crippen molar-refractivity contribution < 1.29 is 19.0 Å². The summed E-state index contributed by atoms with van der Waals surface area (Å²) in [5.74, 6) is 2.15. The van der Waals surface area contributed by atoms with Gasteiger partial charge in [-0.1, -0.05) is 11.6 Å². The molecule has 0 saturated carbocycles. The lowest BCUT2D eigenvalue weighted by Gasteiger charge is -2.25. The highest BCUT2D eigenvalue weighted by atomic mass is 16.7. The Morgan fingerprint density at radius 3 is 2.92 bits per heavy atom. The number of piperidine rings is 1. The number of hydrogen-bond donors (Lipinski definition) is 0. The van der Waals surface area contributed by atoms with Crippen LogP contribution >= 0.6 is 0 Å². The molecule has 3 aliphatic rings. The first kappa shape index (κ1) is 15.6. The molecule has 1 atom stereocenters. The van der Waals surface area contributed by atoms with E-state index >= 15 is 0 Å². The zero-order valence-corrected chi connectivity index (χ0v) is 14.1. The molecular weight excluding hydrogens is 308 g/mol. The van der Waals surface area contributed by atoms with Gasteiger partial charge in [0.25, 0.3) is 0 Å². The number of ether oxygens (including phenoxy) is 3. The zero-order valence-electron chi connectivity index (χ0n) is 14.1. The average Bonchev–Trinajstić information content (AvgIpc) is 3.24. The molecule has 130 valence electrons. The normalized spacial score (nSPS) is 23.0. The molecule has 0 aliphatic carbocycles. The number of oxime groups is 1. The fraction of sp³-hybridized carbons (Fsp3) is 0.611. The summed E-state index contributed by atoms with van der Waals surface area (Å²) >= 11 is 0. The Balaban J connectivity index is 1.35. The molecule has 0 bridgehead atoms. The number of hydrogen-bond acceptors (Lipinski definition) is 6. The van der Waals surface area contributed by atoms with E-state index in [1.165, 1.54) is 32.4 Å². The first-order valence-electron chi connectivity index (χ1n) is 8.72. The first-order valence-corrected chi connectivity index (χ1v) is 8.72. The van der Waals surface area contributed by atoms with E-state index in [1.54, 1.807) is 7.11 Å². The monoisotopic (exact) mass is 332 g/mol. The van der Waals surface area contributed by atoms with Crippen LogP contribution in [0.1, 0.15) is 31.2 Å². The van der Waals surface area contributed by atoms with E-state index in [0.717, 1.165) is 36.4 Å². The maximum absolute atomic E-state index is 5.65. The molecule has 0 unspecified atom stereocenters. The number of benzene rings is 1. The Morgan fingerprint density at radius 1 is 1.21 bits per heavy atom. The van der Waals surface area contributed by atoms with Crippen LogP contribution in [0.15, 0.2) is 17.3 Å². The molecule has 0 radical (unpaired) electrons. The number of fused-ring (bicyclic) bond motifs is 1. The average molecular weight is 332 g/mol. The summed E-state index contributed by atoms with van der Waals surface area (Å²) in [6, 6.07) is 4.01. The van der Waals surface area contributed by atoms with Gasteiger partial charge < -0.3 is 19.0 Å². The molecule has 0 spiro atoms. The Morgan fingerprint density at radius 2 is 2.08 bits per heavy atom. The van der Waals surface area contributed by atoms with Gasteiger partial charge in [-0.25, -0.2) is 0 Å². The molecule has 3 heterocycles. The van der Waals surface area contributed by atoms with E-state index in [4.69, 9.17) is 19.0 Å². The molecule has 1 aromatic rings. The van der Waals surface area contributed by atoms with Gasteiger partial charge in [0.1, 0.15) is 6.10 Å². The second-order valence-electron chi connectivity index (χ2n) is 6.66. The summed E-state index contributed by atoms with van der Waals surface area (Å²) in [4.78, 5) is 8.14. The van der Waals surface area contributed by atoms with E-state index in [9.17, 15) is 0 Å². The van der Waals surface area contributed by atoms with E-state index in [0.29, 0.717) is 11.5 Å². The third kappa shape index (κ3) is 3.29. The van der Waals surface area contributed by atoms with Gasteiger partial charge in [0.05, 0.1) is 12.8 Å². The number of likely N-dealkylation sites (tertiary alicyclic amines) is 1. The van der Waals surface area contributed by atoms with Gasteiger partial charge in [-0.3, -0.25) is 4.90 Å². The Bertz CT molecular complexity index is 626. The van der Waals surface area contributed by atoms with Gasteiger partial charge >= 0.3 is 0 Å². The van der Waals surface area contributed by atoms with Crippen molar-refractivity contribution in [1.82, 2.24) is 4.90 Å². The summed E-state index contributed by atoms with van der Waals surface area (Å²) in [6.07, 6.45) is 5.74. The summed E-state index contributed by atoms with van der Waals surface area (Å²) < 4.78 is 16.3. The second kappa shape index (κ2) is 6.89. The van der Waals surface area contributed by atoms with Crippen molar-refractivity contribution in [2.24, 2.45) is 5.16 Å². The van der Waals surface area contributed by atoms with Crippen LogP contribution in [-0.2, 0) is 11.3 Å². The largest absolute Gasteiger partial charge is 0.493 e. The van der Waals surface area contributed by atoms with Crippen LogP contribution in [0.4, 0.5) is 0 Å². The highest BCUT2D eigenvalue weighted by Crippen LogP contribution is 2.42. The van der Waals surface area contributed by atoms with Gasteiger partial charge in [0.2, 0.25) is 12.5 Å². The van der Waals surface area contributed by atoms with Crippen LogP contribution in [-0.4, -0.2) is 50.3 Å². The van der Waals surface area contributed by atoms with Crippen LogP contribution in [0.25, 0.3) is 0 Å². The lowest BCUT2D eigenvalue weighted by molar-refractivity contribution is 0.0858. The van der Waals surface area contributed by atoms with Crippen molar-refractivity contribution >= 4 is 5.71 Å². The molecule has 6 heteroatoms. The maximum atomic E-state index is 5.65. The van der Waals surface area contributed by atoms with Crippen molar-refractivity contribution in [1.29, 1.82) is 0 Å². The van der Waals surface area contributed by atoms with Gasteiger partial charge in [-0.15, -0.1) is 0 Å². The Kier molecular flexibility index (Phi) is 4.47. The van der Waals surface area contributed by atoms with Gasteiger partial charge in [-0.2, -0.15) is 0 Å². The van der Waals surface area contributed by atoms with E-state index < -0.39 is 0 Å². The van der Waals surface area contributed by atoms with Crippen LogP contribution < -0.4 is 14.2 Å². The first-order chi connectivity index (χ1) is 11.8. The van der Waals surface area contributed by atoms with Gasteiger partial charge in [0.15, 0.2) is 11.5 Å². The SMILES string of the molecule is COc1cc(C[C@@H]2CC(CN3CCCCC3)=NO2)cc2c1OCO2. The number of rotatable bonds is 5. The van der Waals surface area contributed by atoms with Crippen LogP contribution in [0, 0.1) is 0 Å². The molecule has 4 rings (SSSR count). The second-order valence-corrected chi connectivity index (χ2v) is 6.66. The maximum Gasteiger partial charge on any atom is 0.231 e. The van der Waals surface area contributed by atoms with Crippen molar-refractivity contribution in [3.8, 4) is 17.2 Å². The van der Waals surface area contributed by atoms with Crippen LogP contribution in [0.5, 0.6) is 17.2 Å². The summed E-state index contributed by atoms with van der Waals surface area (Å²) in [5.41, 5.74) is 2.28. The molecule has 24 heavy (non-hydrogen) atoms. The zero-order chi connectivity index (χ0) is 16.4. The predicted molar refractivity (Wildman–Crippen MR) is 90.0 cm³/mol. The molecule has 0 aromatic heterocycles. The molecule has 1 saturated heterocycles. The molecule has 1 aromatic carbocycles. The molecule has 3 aliphatic heterocycles. The fourth-order valence-electron chi connectivity index (χ4n) is 3.63. The molecule has 0 amide bonds. The molecule has 6 nitrogen and oxygen atoms in total. The number of nitrogens with zero attached hydrogens (tertiary/aromatic N) is 2. The third-order valence-corrected chi connectivity index (χ3v) is 4.83. The lowest BCUT2D eigenvalue weighted by atomic mass is 10.0. The van der Waals surface area contributed by atoms with Crippen LogP contribution in [0.3, 0.4) is 0 Å². The third-order valence-electron chi connectivity index (χ3n) is 4.83. The Hall–Kier alpha value is -1.95. The Labute approximate surface area is 142 Å². The highest BCUT2D eigenvalue weighted by molar-refractivity contribution is 5.87. The number of methoxy groups -OCH3 is 1. The molecule has 1 fully saturated rings. The fourth-order valence-corrected chi connectivity index (χ4v) is 3.63. The van der Waals surface area contributed by atoms with Gasteiger partial charge in [0, 0.05) is 19.4 Å². The van der Waals surface area contributed by atoms with E-state index in [-0.39, 0.29) is 12.9 Å². The lowest BCUT2D eigenvalue weighted by Crippen LogP contribution is -2.34. The molecule has 0 N–H and O–H groups in total. The van der Waals surface area contributed by atoms with Crippen molar-refractivity contribution in [3.63, 3.8) is 0 Å². The van der Waals surface area contributed by atoms with Crippen molar-refractivity contribution in [2.45, 2.75) is 38.2 Å². The minimum Gasteiger partial charge on any atom is -0.493 e. The minimum absolute atomic E-state index is 0.0925. The minimum atomic E-state index is 0.0925. The van der Waals surface area contributed by atoms with Gasteiger partial charge in [-0.05, 0) is 43.6 Å². The summed E-state index contributed by atoms with van der Waals surface area (Å²) in [7, 11) is 1.65. The predicted octanol–water partition coefficient (Wildman–Crippen LogP) is 2.60. The van der Waals surface area contributed by atoms with E-state index in [1.807, 2.05) is 12.1 Å². The smallest absolute Gasteiger partial charge is 0.231 e. The summed E-state index contributed by atoms with van der Waals surface area (Å²) in [6.45, 7) is 3.56. The summed E-state index contributed by atoms with van der Waals surface area (Å²) in [5, 5.41) is 4.31. The quantitative estimate of drug-likeness (QED) is 0.829. The highest BCUT2D eigenvalue weighted by Gasteiger charge is 2.26. The molecular formula is C18H24N2O4.